The van der Waals surface area contributed by atoms with Crippen molar-refractivity contribution in [1.29, 1.82) is 0 Å². The maximum absolute atomic E-state index is 13.7. The molecule has 0 radical (unpaired) electrons. The number of nitrogens with zero attached hydrogens (tertiary/aromatic N) is 1. The highest BCUT2D eigenvalue weighted by atomic mass is 32.2. The molecule has 22 heavy (non-hydrogen) atoms. The van der Waals surface area contributed by atoms with Gasteiger partial charge in [0, 0.05) is 18.8 Å². The monoisotopic (exact) mass is 319 g/mol. The van der Waals surface area contributed by atoms with Crippen LogP contribution in [0, 0.1) is 5.82 Å². The summed E-state index contributed by atoms with van der Waals surface area (Å²) in [7, 11) is 0. The largest absolute Gasteiger partial charge is 0.468 e. The maximum Gasteiger partial charge on any atom is 0.227 e. The van der Waals surface area contributed by atoms with E-state index in [0.29, 0.717) is 23.9 Å². The fraction of sp³-hybridized carbons (Fsp3) is 0.353. The molecule has 0 aliphatic carbocycles. The van der Waals surface area contributed by atoms with Gasteiger partial charge < -0.3 is 9.32 Å². The van der Waals surface area contributed by atoms with E-state index in [2.05, 4.69) is 0 Å². The van der Waals surface area contributed by atoms with E-state index < -0.39 is 0 Å². The van der Waals surface area contributed by atoms with Crippen LogP contribution in [0.3, 0.4) is 0 Å². The lowest BCUT2D eigenvalue weighted by atomic mass is 10.1. The summed E-state index contributed by atoms with van der Waals surface area (Å²) < 4.78 is 19.1. The number of rotatable bonds is 3. The van der Waals surface area contributed by atoms with Gasteiger partial charge in [-0.15, -0.1) is 11.8 Å². The molecule has 0 N–H and O–H groups in total. The number of amides is 1. The van der Waals surface area contributed by atoms with Gasteiger partial charge in [0.1, 0.15) is 11.6 Å². The number of hydrogen-bond donors (Lipinski definition) is 0. The van der Waals surface area contributed by atoms with Crippen LogP contribution in [0.25, 0.3) is 0 Å². The van der Waals surface area contributed by atoms with E-state index in [1.54, 1.807) is 24.5 Å². The van der Waals surface area contributed by atoms with Crippen molar-refractivity contribution in [2.45, 2.75) is 18.1 Å². The third-order valence-corrected chi connectivity index (χ3v) is 5.14. The number of benzene rings is 1. The lowest BCUT2D eigenvalue weighted by Gasteiger charge is -2.20. The predicted molar refractivity (Wildman–Crippen MR) is 85.2 cm³/mol. The van der Waals surface area contributed by atoms with E-state index in [9.17, 15) is 9.18 Å². The summed E-state index contributed by atoms with van der Waals surface area (Å²) in [6.45, 7) is 1.39. The Morgan fingerprint density at radius 1 is 1.27 bits per heavy atom. The van der Waals surface area contributed by atoms with E-state index in [-0.39, 0.29) is 18.1 Å². The van der Waals surface area contributed by atoms with Gasteiger partial charge in [-0.2, -0.15) is 0 Å². The van der Waals surface area contributed by atoms with Crippen LogP contribution in [0.2, 0.25) is 0 Å². The summed E-state index contributed by atoms with van der Waals surface area (Å²) in [5, 5.41) is 0.293. The van der Waals surface area contributed by atoms with Crippen LogP contribution >= 0.6 is 11.8 Å². The van der Waals surface area contributed by atoms with Gasteiger partial charge in [0.25, 0.3) is 0 Å². The molecule has 0 spiro atoms. The van der Waals surface area contributed by atoms with E-state index in [4.69, 9.17) is 4.42 Å². The molecule has 1 fully saturated rings. The molecular weight excluding hydrogens is 301 g/mol. The summed E-state index contributed by atoms with van der Waals surface area (Å²) in [5.74, 6) is 1.52. The highest BCUT2D eigenvalue weighted by Gasteiger charge is 2.23. The molecule has 0 saturated carbocycles. The standard InChI is InChI=1S/C17H18FNO2S/c18-14-5-2-1-4-13(14)12-17(20)19-8-7-16(22-11-9-19)15-6-3-10-21-15/h1-6,10,16H,7-9,11-12H2. The molecule has 1 aliphatic heterocycles. The van der Waals surface area contributed by atoms with Gasteiger partial charge >= 0.3 is 0 Å². The fourth-order valence-electron chi connectivity index (χ4n) is 2.64. The molecule has 1 aliphatic rings. The van der Waals surface area contributed by atoms with Gasteiger partial charge in [-0.3, -0.25) is 4.79 Å². The molecule has 1 unspecified atom stereocenters. The topological polar surface area (TPSA) is 33.5 Å². The Morgan fingerprint density at radius 2 is 2.14 bits per heavy atom. The average molecular weight is 319 g/mol. The minimum atomic E-state index is -0.312. The lowest BCUT2D eigenvalue weighted by molar-refractivity contribution is -0.130. The second kappa shape index (κ2) is 7.01. The smallest absolute Gasteiger partial charge is 0.227 e. The van der Waals surface area contributed by atoms with Crippen molar-refractivity contribution in [2.24, 2.45) is 0 Å². The van der Waals surface area contributed by atoms with Crippen molar-refractivity contribution in [2.75, 3.05) is 18.8 Å². The first kappa shape index (κ1) is 15.2. The third-order valence-electron chi connectivity index (χ3n) is 3.85. The maximum atomic E-state index is 13.7. The van der Waals surface area contributed by atoms with Crippen molar-refractivity contribution in [3.8, 4) is 0 Å². The molecular formula is C17H18FNO2S. The molecule has 2 aromatic rings. The molecule has 3 rings (SSSR count). The summed E-state index contributed by atoms with van der Waals surface area (Å²) in [6, 6.07) is 10.3. The van der Waals surface area contributed by atoms with Gasteiger partial charge in [0.05, 0.1) is 17.9 Å². The minimum absolute atomic E-state index is 0.00852. The minimum Gasteiger partial charge on any atom is -0.468 e. The average Bonchev–Trinajstić information content (AvgIpc) is 2.94. The quantitative estimate of drug-likeness (QED) is 0.865. The summed E-state index contributed by atoms with van der Waals surface area (Å²) in [6.07, 6.45) is 2.67. The number of carbonyl (C=O) groups excluding carboxylic acids is 1. The van der Waals surface area contributed by atoms with E-state index in [1.165, 1.54) is 6.07 Å². The van der Waals surface area contributed by atoms with Crippen LogP contribution in [0.5, 0.6) is 0 Å². The van der Waals surface area contributed by atoms with E-state index in [1.807, 2.05) is 28.8 Å². The molecule has 1 aromatic heterocycles. The van der Waals surface area contributed by atoms with Crippen molar-refractivity contribution < 1.29 is 13.6 Å². The Balaban J connectivity index is 1.61. The molecule has 1 aromatic carbocycles. The van der Waals surface area contributed by atoms with Crippen LogP contribution in [0.15, 0.2) is 47.1 Å². The van der Waals surface area contributed by atoms with Gasteiger partial charge in [0.2, 0.25) is 5.91 Å². The zero-order valence-corrected chi connectivity index (χ0v) is 13.0. The first-order valence-corrected chi connectivity index (χ1v) is 8.45. The Hall–Kier alpha value is -1.75. The zero-order chi connectivity index (χ0) is 15.4. The number of furan rings is 1. The van der Waals surface area contributed by atoms with E-state index in [0.717, 1.165) is 17.9 Å². The zero-order valence-electron chi connectivity index (χ0n) is 12.2. The lowest BCUT2D eigenvalue weighted by Crippen LogP contribution is -2.34. The molecule has 0 bridgehead atoms. The van der Waals surface area contributed by atoms with Crippen LogP contribution in [0.1, 0.15) is 23.0 Å². The Kier molecular flexibility index (Phi) is 4.83. The van der Waals surface area contributed by atoms with Gasteiger partial charge in [-0.1, -0.05) is 18.2 Å². The normalized spacial score (nSPS) is 19.0. The van der Waals surface area contributed by atoms with Crippen molar-refractivity contribution in [3.05, 3.63) is 59.8 Å². The fourth-order valence-corrected chi connectivity index (χ4v) is 3.82. The first-order chi connectivity index (χ1) is 10.7. The van der Waals surface area contributed by atoms with Crippen molar-refractivity contribution in [3.63, 3.8) is 0 Å². The Bertz CT molecular complexity index is 629. The predicted octanol–water partition coefficient (Wildman–Crippen LogP) is 3.67. The summed E-state index contributed by atoms with van der Waals surface area (Å²) in [4.78, 5) is 14.2. The summed E-state index contributed by atoms with van der Waals surface area (Å²) >= 11 is 1.81. The molecule has 2 heterocycles. The Labute approximate surface area is 133 Å². The molecule has 1 amide bonds. The number of carbonyl (C=O) groups is 1. The van der Waals surface area contributed by atoms with Crippen LogP contribution in [0.4, 0.5) is 4.39 Å². The molecule has 116 valence electrons. The highest BCUT2D eigenvalue weighted by Crippen LogP contribution is 2.34. The second-order valence-corrected chi connectivity index (χ2v) is 6.62. The van der Waals surface area contributed by atoms with Crippen molar-refractivity contribution >= 4 is 17.7 Å². The molecule has 1 saturated heterocycles. The molecule has 3 nitrogen and oxygen atoms in total. The van der Waals surface area contributed by atoms with Gasteiger partial charge in [-0.25, -0.2) is 4.39 Å². The molecule has 5 heteroatoms. The van der Waals surface area contributed by atoms with Crippen LogP contribution in [-0.4, -0.2) is 29.6 Å². The number of thioether (sulfide) groups is 1. The number of hydrogen-bond acceptors (Lipinski definition) is 3. The summed E-state index contributed by atoms with van der Waals surface area (Å²) in [5.41, 5.74) is 0.465. The van der Waals surface area contributed by atoms with Gasteiger partial charge in [0.15, 0.2) is 0 Å². The SMILES string of the molecule is O=C(Cc1ccccc1F)N1CCSC(c2ccco2)CC1. The van der Waals surface area contributed by atoms with Crippen LogP contribution in [-0.2, 0) is 11.2 Å². The van der Waals surface area contributed by atoms with E-state index >= 15 is 0 Å². The van der Waals surface area contributed by atoms with Crippen LogP contribution < -0.4 is 0 Å². The third kappa shape index (κ3) is 3.53. The second-order valence-electron chi connectivity index (χ2n) is 5.31. The molecule has 1 atom stereocenters. The van der Waals surface area contributed by atoms with Gasteiger partial charge in [-0.05, 0) is 30.2 Å². The Morgan fingerprint density at radius 3 is 2.91 bits per heavy atom. The number of halogens is 1. The highest BCUT2D eigenvalue weighted by molar-refractivity contribution is 7.99. The first-order valence-electron chi connectivity index (χ1n) is 7.40. The van der Waals surface area contributed by atoms with Crippen molar-refractivity contribution in [1.82, 2.24) is 4.90 Å².